The lowest BCUT2D eigenvalue weighted by molar-refractivity contribution is 0.00920. The number of nitrogens with two attached hydrogens (primary N) is 1. The number of ether oxygens (including phenoxy) is 1. The summed E-state index contributed by atoms with van der Waals surface area (Å²) in [6.07, 6.45) is 4.94. The first-order valence-electron chi connectivity index (χ1n) is 4.84. The standard InChI is InChI=1S/C10H21NO/c1-10(2,12-3)7-9(11)6-8-4-5-8/h8-9H,4-7,11H2,1-3H3. The van der Waals surface area contributed by atoms with Gasteiger partial charge in [-0.25, -0.2) is 0 Å². The molecule has 0 aromatic heterocycles. The van der Waals surface area contributed by atoms with Crippen LogP contribution in [-0.2, 0) is 4.74 Å². The smallest absolute Gasteiger partial charge is 0.0637 e. The van der Waals surface area contributed by atoms with Crippen molar-refractivity contribution in [1.82, 2.24) is 0 Å². The van der Waals surface area contributed by atoms with E-state index in [2.05, 4.69) is 13.8 Å². The summed E-state index contributed by atoms with van der Waals surface area (Å²) in [6, 6.07) is 0.326. The van der Waals surface area contributed by atoms with Gasteiger partial charge in [0.15, 0.2) is 0 Å². The zero-order valence-corrected chi connectivity index (χ0v) is 8.47. The molecule has 1 fully saturated rings. The van der Waals surface area contributed by atoms with Crippen LogP contribution < -0.4 is 5.73 Å². The molecule has 0 amide bonds. The molecular weight excluding hydrogens is 150 g/mol. The molecule has 0 heterocycles. The fourth-order valence-corrected chi connectivity index (χ4v) is 1.58. The molecule has 1 atom stereocenters. The summed E-state index contributed by atoms with van der Waals surface area (Å²) in [6.45, 7) is 4.19. The highest BCUT2D eigenvalue weighted by molar-refractivity contribution is 4.82. The van der Waals surface area contributed by atoms with Crippen LogP contribution >= 0.6 is 0 Å². The number of methoxy groups -OCH3 is 1. The first-order valence-corrected chi connectivity index (χ1v) is 4.84. The molecule has 12 heavy (non-hydrogen) atoms. The molecule has 0 aliphatic heterocycles. The fourth-order valence-electron chi connectivity index (χ4n) is 1.58. The van der Waals surface area contributed by atoms with Crippen molar-refractivity contribution in [3.05, 3.63) is 0 Å². The van der Waals surface area contributed by atoms with Gasteiger partial charge < -0.3 is 10.5 Å². The second-order valence-electron chi connectivity index (χ2n) is 4.61. The van der Waals surface area contributed by atoms with Gasteiger partial charge >= 0.3 is 0 Å². The lowest BCUT2D eigenvalue weighted by atomic mass is 9.96. The maximum Gasteiger partial charge on any atom is 0.0637 e. The summed E-state index contributed by atoms with van der Waals surface area (Å²) in [5.41, 5.74) is 5.95. The van der Waals surface area contributed by atoms with E-state index in [-0.39, 0.29) is 5.60 Å². The van der Waals surface area contributed by atoms with Crippen LogP contribution in [0.1, 0.15) is 39.5 Å². The van der Waals surface area contributed by atoms with Crippen molar-refractivity contribution in [2.75, 3.05) is 7.11 Å². The fraction of sp³-hybridized carbons (Fsp3) is 1.00. The van der Waals surface area contributed by atoms with Crippen molar-refractivity contribution in [1.29, 1.82) is 0 Å². The number of hydrogen-bond donors (Lipinski definition) is 1. The maximum absolute atomic E-state index is 6.00. The van der Waals surface area contributed by atoms with E-state index in [4.69, 9.17) is 10.5 Å². The molecule has 2 heteroatoms. The average molecular weight is 171 g/mol. The topological polar surface area (TPSA) is 35.2 Å². The average Bonchev–Trinajstić information content (AvgIpc) is 2.70. The van der Waals surface area contributed by atoms with Gasteiger partial charge in [-0.1, -0.05) is 12.8 Å². The summed E-state index contributed by atoms with van der Waals surface area (Å²) >= 11 is 0. The van der Waals surface area contributed by atoms with Crippen LogP contribution in [0.2, 0.25) is 0 Å². The van der Waals surface area contributed by atoms with E-state index in [0.717, 1.165) is 12.3 Å². The molecular formula is C10H21NO. The van der Waals surface area contributed by atoms with E-state index in [1.54, 1.807) is 7.11 Å². The Morgan fingerprint density at radius 1 is 1.50 bits per heavy atom. The Kier molecular flexibility index (Phi) is 3.13. The van der Waals surface area contributed by atoms with Gasteiger partial charge in [0.25, 0.3) is 0 Å². The third-order valence-electron chi connectivity index (χ3n) is 2.64. The molecule has 0 aromatic rings. The molecule has 1 aliphatic carbocycles. The van der Waals surface area contributed by atoms with Crippen LogP contribution in [0, 0.1) is 5.92 Å². The first-order chi connectivity index (χ1) is 5.53. The third-order valence-corrected chi connectivity index (χ3v) is 2.64. The predicted molar refractivity (Wildman–Crippen MR) is 51.0 cm³/mol. The molecule has 2 N–H and O–H groups in total. The molecule has 1 aliphatic rings. The zero-order chi connectivity index (χ0) is 9.19. The number of rotatable bonds is 5. The van der Waals surface area contributed by atoms with E-state index >= 15 is 0 Å². The lowest BCUT2D eigenvalue weighted by Crippen LogP contribution is -2.33. The summed E-state index contributed by atoms with van der Waals surface area (Å²) in [5.74, 6) is 0.924. The second-order valence-corrected chi connectivity index (χ2v) is 4.61. The molecule has 1 unspecified atom stereocenters. The quantitative estimate of drug-likeness (QED) is 0.686. The van der Waals surface area contributed by atoms with Crippen molar-refractivity contribution in [3.8, 4) is 0 Å². The van der Waals surface area contributed by atoms with Crippen LogP contribution in [0.5, 0.6) is 0 Å². The highest BCUT2D eigenvalue weighted by Gasteiger charge is 2.27. The van der Waals surface area contributed by atoms with Crippen molar-refractivity contribution in [2.24, 2.45) is 11.7 Å². The van der Waals surface area contributed by atoms with E-state index in [0.29, 0.717) is 6.04 Å². The minimum Gasteiger partial charge on any atom is -0.379 e. The van der Waals surface area contributed by atoms with Crippen LogP contribution in [0.15, 0.2) is 0 Å². The Morgan fingerprint density at radius 2 is 2.08 bits per heavy atom. The predicted octanol–water partition coefficient (Wildman–Crippen LogP) is 1.93. The molecule has 0 saturated heterocycles. The van der Waals surface area contributed by atoms with Crippen molar-refractivity contribution in [3.63, 3.8) is 0 Å². The van der Waals surface area contributed by atoms with Gasteiger partial charge in [-0.2, -0.15) is 0 Å². The van der Waals surface area contributed by atoms with Crippen LogP contribution in [0.25, 0.3) is 0 Å². The zero-order valence-electron chi connectivity index (χ0n) is 8.47. The first kappa shape index (κ1) is 10.0. The monoisotopic (exact) mass is 171 g/mol. The summed E-state index contributed by atoms with van der Waals surface area (Å²) in [7, 11) is 1.75. The van der Waals surface area contributed by atoms with Gasteiger partial charge in [0, 0.05) is 13.2 Å². The van der Waals surface area contributed by atoms with Crippen molar-refractivity contribution in [2.45, 2.75) is 51.2 Å². The molecule has 2 nitrogen and oxygen atoms in total. The van der Waals surface area contributed by atoms with Crippen molar-refractivity contribution >= 4 is 0 Å². The molecule has 0 aromatic carbocycles. The highest BCUT2D eigenvalue weighted by atomic mass is 16.5. The SMILES string of the molecule is COC(C)(C)CC(N)CC1CC1. The van der Waals surface area contributed by atoms with Gasteiger partial charge in [0.05, 0.1) is 5.60 Å². The minimum absolute atomic E-state index is 0.0473. The highest BCUT2D eigenvalue weighted by Crippen LogP contribution is 2.34. The Balaban J connectivity index is 2.18. The maximum atomic E-state index is 6.00. The minimum atomic E-state index is -0.0473. The normalized spacial score (nSPS) is 21.0. The van der Waals surface area contributed by atoms with E-state index < -0.39 is 0 Å². The van der Waals surface area contributed by atoms with Gasteiger partial charge in [0.1, 0.15) is 0 Å². The van der Waals surface area contributed by atoms with Gasteiger partial charge in [-0.05, 0) is 32.6 Å². The van der Waals surface area contributed by atoms with E-state index in [1.807, 2.05) is 0 Å². The Hall–Kier alpha value is -0.0800. The largest absolute Gasteiger partial charge is 0.379 e. The van der Waals surface area contributed by atoms with Crippen LogP contribution in [0.4, 0.5) is 0 Å². The van der Waals surface area contributed by atoms with Gasteiger partial charge in [-0.3, -0.25) is 0 Å². The second kappa shape index (κ2) is 3.75. The molecule has 1 rings (SSSR count). The van der Waals surface area contributed by atoms with Crippen LogP contribution in [0.3, 0.4) is 0 Å². The van der Waals surface area contributed by atoms with Crippen molar-refractivity contribution < 1.29 is 4.74 Å². The molecule has 1 saturated carbocycles. The van der Waals surface area contributed by atoms with E-state index in [9.17, 15) is 0 Å². The molecule has 72 valence electrons. The molecule has 0 radical (unpaired) electrons. The Labute approximate surface area is 75.5 Å². The van der Waals surface area contributed by atoms with Crippen LogP contribution in [-0.4, -0.2) is 18.8 Å². The molecule has 0 bridgehead atoms. The van der Waals surface area contributed by atoms with Gasteiger partial charge in [0.2, 0.25) is 0 Å². The molecule has 0 spiro atoms. The summed E-state index contributed by atoms with van der Waals surface area (Å²) in [4.78, 5) is 0. The Bertz CT molecular complexity index is 141. The summed E-state index contributed by atoms with van der Waals surface area (Å²) in [5, 5.41) is 0. The Morgan fingerprint density at radius 3 is 2.50 bits per heavy atom. The lowest BCUT2D eigenvalue weighted by Gasteiger charge is -2.26. The van der Waals surface area contributed by atoms with E-state index in [1.165, 1.54) is 19.3 Å². The number of hydrogen-bond acceptors (Lipinski definition) is 2. The summed E-state index contributed by atoms with van der Waals surface area (Å²) < 4.78 is 5.33. The van der Waals surface area contributed by atoms with Gasteiger partial charge in [-0.15, -0.1) is 0 Å². The third kappa shape index (κ3) is 3.55.